The first-order valence-electron chi connectivity index (χ1n) is 22.8. The van der Waals surface area contributed by atoms with E-state index < -0.39 is 112 Å². The molecule has 318 valence electrons. The molecule has 12 nitrogen and oxygen atoms in total. The van der Waals surface area contributed by atoms with Crippen LogP contribution in [0.3, 0.4) is 0 Å². The number of carbonyl (C=O) groups is 4. The SMILES string of the molecule is [2H]C([2H])([2H])C(OC(=O)C[C@@H]1C(=O)N2C[C@H](Oc3nccc4cc(OCCC)ccc34)C[C@H]2C(=O)C[C@]2(C(=O)NS(=O)(=O)C3CC3)C[C@H]2/C=C\CC[C@@H](C)C[C@H]1C)(C([2H])([2H])[2H])C(F)(F)F. The number of fused-ring (bicyclic) bond motifs is 3. The Kier molecular flexibility index (Phi) is 10.3. The van der Waals surface area contributed by atoms with Crippen molar-refractivity contribution in [1.82, 2.24) is 14.6 Å². The third-order valence-corrected chi connectivity index (χ3v) is 13.5. The predicted molar refractivity (Wildman–Crippen MR) is 208 cm³/mol. The quantitative estimate of drug-likeness (QED) is 0.188. The zero-order chi connectivity index (χ0) is 47.2. The van der Waals surface area contributed by atoms with E-state index in [9.17, 15) is 40.8 Å². The second-order valence-electron chi connectivity index (χ2n) is 16.4. The van der Waals surface area contributed by atoms with Gasteiger partial charge < -0.3 is 19.1 Å². The Hall–Kier alpha value is -4.21. The van der Waals surface area contributed by atoms with Crippen LogP contribution in [0.15, 0.2) is 42.6 Å². The Morgan fingerprint density at radius 2 is 1.86 bits per heavy atom. The Balaban J connectivity index is 1.38. The second-order valence-corrected chi connectivity index (χ2v) is 18.4. The molecule has 0 radical (unpaired) electrons. The van der Waals surface area contributed by atoms with Crippen molar-refractivity contribution in [3.05, 3.63) is 42.6 Å². The maximum atomic E-state index is 15.0. The molecule has 6 rings (SSSR count). The van der Waals surface area contributed by atoms with Gasteiger partial charge in [-0.1, -0.05) is 32.9 Å². The number of rotatable bonds is 11. The van der Waals surface area contributed by atoms with Crippen molar-refractivity contribution in [3.8, 4) is 11.6 Å². The molecule has 2 aromatic rings. The van der Waals surface area contributed by atoms with Gasteiger partial charge >= 0.3 is 12.1 Å². The number of hydrogen-bond donors (Lipinski definition) is 1. The van der Waals surface area contributed by atoms with Crippen molar-refractivity contribution in [2.45, 2.75) is 128 Å². The van der Waals surface area contributed by atoms with Gasteiger partial charge in [-0.3, -0.25) is 23.9 Å². The Labute approximate surface area is 346 Å². The summed E-state index contributed by atoms with van der Waals surface area (Å²) in [5, 5.41) is 0.532. The number of nitrogens with one attached hydrogen (secondary N) is 1. The molecule has 0 bridgehead atoms. The number of amides is 2. The highest BCUT2D eigenvalue weighted by molar-refractivity contribution is 7.90. The minimum Gasteiger partial charge on any atom is -0.494 e. The molecule has 3 heterocycles. The molecule has 1 aromatic heterocycles. The van der Waals surface area contributed by atoms with Crippen LogP contribution >= 0.6 is 0 Å². The van der Waals surface area contributed by atoms with E-state index in [0.29, 0.717) is 48.8 Å². The number of ketones is 1. The number of nitrogens with zero attached hydrogens (tertiary/aromatic N) is 2. The molecule has 1 N–H and O–H groups in total. The standard InChI is InChI=1S/C42H54F3N3O9S/c1-6-17-55-29-11-14-32-27(19-29)15-16-46-37(32)56-30-20-34-35(49)23-41(39(52)47-58(53,54)31-12-13-31)22-28(41)10-8-7-9-25(2)18-26(3)33(38(51)48(34)24-30)21-36(50)57-40(4,5)42(43,44)45/h8,10-11,14-16,19,25-26,28,30-31,33-34H,6-7,9,12-13,17-18,20-24H2,1-5H3,(H,47,52)/b10-8-/t25-,26-,28-,30-,33+,34+,41-/m1/s1/i4D3,5D3. The van der Waals surface area contributed by atoms with Gasteiger partial charge in [0, 0.05) is 32.6 Å². The summed E-state index contributed by atoms with van der Waals surface area (Å²) in [6.07, 6.45) is -0.933. The van der Waals surface area contributed by atoms with Gasteiger partial charge in [0.05, 0.1) is 42.2 Å². The van der Waals surface area contributed by atoms with Crippen LogP contribution in [0.5, 0.6) is 11.6 Å². The molecule has 2 aliphatic heterocycles. The second kappa shape index (κ2) is 16.8. The van der Waals surface area contributed by atoms with Gasteiger partial charge in [0.15, 0.2) is 5.78 Å². The van der Waals surface area contributed by atoms with Gasteiger partial charge in [-0.2, -0.15) is 13.2 Å². The lowest BCUT2D eigenvalue weighted by Crippen LogP contribution is -2.48. The zero-order valence-electron chi connectivity index (χ0n) is 38.7. The summed E-state index contributed by atoms with van der Waals surface area (Å²) >= 11 is 0. The number of aromatic nitrogens is 1. The maximum absolute atomic E-state index is 15.0. The van der Waals surface area contributed by atoms with E-state index in [1.54, 1.807) is 37.3 Å². The summed E-state index contributed by atoms with van der Waals surface area (Å²) in [5.41, 5.74) is -6.41. The minimum absolute atomic E-state index is 0.140. The van der Waals surface area contributed by atoms with Gasteiger partial charge in [-0.15, -0.1) is 0 Å². The van der Waals surface area contributed by atoms with Crippen LogP contribution < -0.4 is 14.2 Å². The van der Waals surface area contributed by atoms with Crippen molar-refractivity contribution in [3.63, 3.8) is 0 Å². The third kappa shape index (κ3) is 9.63. The first kappa shape index (κ1) is 35.7. The van der Waals surface area contributed by atoms with Crippen LogP contribution in [0.25, 0.3) is 10.8 Å². The number of ether oxygens (including phenoxy) is 3. The van der Waals surface area contributed by atoms with Crippen molar-refractivity contribution < 1.29 is 63.2 Å². The molecule has 58 heavy (non-hydrogen) atoms. The summed E-state index contributed by atoms with van der Waals surface area (Å²) in [5.74, 6) is -6.63. The summed E-state index contributed by atoms with van der Waals surface area (Å²) in [6, 6.07) is 5.63. The Morgan fingerprint density at radius 1 is 1.10 bits per heavy atom. The van der Waals surface area contributed by atoms with Crippen molar-refractivity contribution in [2.75, 3.05) is 13.2 Å². The molecule has 1 saturated heterocycles. The number of Topliss-reactive ketones (excluding diaryl/α,β-unsaturated/α-hetero) is 1. The molecule has 4 aliphatic rings. The highest BCUT2D eigenvalue weighted by atomic mass is 32.2. The third-order valence-electron chi connectivity index (χ3n) is 11.7. The van der Waals surface area contributed by atoms with Crippen molar-refractivity contribution in [2.24, 2.45) is 29.1 Å². The topological polar surface area (TPSA) is 158 Å². The van der Waals surface area contributed by atoms with Gasteiger partial charge in [0.2, 0.25) is 33.3 Å². The lowest BCUT2D eigenvalue weighted by molar-refractivity contribution is -0.257. The fourth-order valence-corrected chi connectivity index (χ4v) is 9.51. The smallest absolute Gasteiger partial charge is 0.427 e. The van der Waals surface area contributed by atoms with E-state index in [4.69, 9.17) is 17.7 Å². The Bertz CT molecular complexity index is 2220. The molecule has 2 saturated carbocycles. The summed E-state index contributed by atoms with van der Waals surface area (Å²) in [6.45, 7) is -3.28. The molecule has 0 unspecified atom stereocenters. The number of benzene rings is 1. The molecule has 16 heteroatoms. The first-order valence-corrected chi connectivity index (χ1v) is 21.3. The Morgan fingerprint density at radius 3 is 2.55 bits per heavy atom. The largest absolute Gasteiger partial charge is 0.494 e. The first-order chi connectivity index (χ1) is 29.7. The van der Waals surface area contributed by atoms with Crippen molar-refractivity contribution >= 4 is 44.4 Å². The highest BCUT2D eigenvalue weighted by Crippen LogP contribution is 2.57. The number of esters is 1. The van der Waals surface area contributed by atoms with Crippen LogP contribution in [0.2, 0.25) is 0 Å². The molecule has 0 spiro atoms. The molecule has 1 aromatic carbocycles. The number of alkyl halides is 3. The monoisotopic (exact) mass is 839 g/mol. The fraction of sp³-hybridized carbons (Fsp3) is 0.643. The van der Waals surface area contributed by atoms with Gasteiger partial charge in [0.1, 0.15) is 11.9 Å². The fourth-order valence-electron chi connectivity index (χ4n) is 8.13. The molecule has 2 aliphatic carbocycles. The van der Waals surface area contributed by atoms with E-state index in [0.717, 1.165) is 11.3 Å². The van der Waals surface area contributed by atoms with Crippen LogP contribution in [-0.4, -0.2) is 84.2 Å². The lowest BCUT2D eigenvalue weighted by Gasteiger charge is -2.33. The van der Waals surface area contributed by atoms with Crippen molar-refractivity contribution in [1.29, 1.82) is 0 Å². The average Bonchev–Trinajstić information content (AvgIpc) is 4.11. The van der Waals surface area contributed by atoms with E-state index in [-0.39, 0.29) is 37.6 Å². The van der Waals surface area contributed by atoms with E-state index in [1.807, 2.05) is 19.9 Å². The maximum Gasteiger partial charge on any atom is 0.427 e. The number of halogens is 3. The van der Waals surface area contributed by atoms with Gasteiger partial charge in [-0.25, -0.2) is 13.4 Å². The highest BCUT2D eigenvalue weighted by Gasteiger charge is 2.62. The number of hydrogen-bond acceptors (Lipinski definition) is 10. The number of pyridine rings is 1. The number of sulfonamides is 1. The van der Waals surface area contributed by atoms with E-state index in [2.05, 4.69) is 14.4 Å². The molecule has 3 fully saturated rings. The summed E-state index contributed by atoms with van der Waals surface area (Å²) in [4.78, 5) is 62.8. The van der Waals surface area contributed by atoms with Gasteiger partial charge in [-0.05, 0) is 106 Å². The number of carbonyl (C=O) groups excluding carboxylic acids is 4. The minimum atomic E-state index is -6.10. The van der Waals surface area contributed by atoms with Gasteiger partial charge in [0.25, 0.3) is 0 Å². The van der Waals surface area contributed by atoms with Crippen LogP contribution in [0.1, 0.15) is 107 Å². The molecular formula is C42H54F3N3O9S. The zero-order valence-corrected chi connectivity index (χ0v) is 33.5. The molecular weight excluding hydrogens is 780 g/mol. The van der Waals surface area contributed by atoms with E-state index in [1.165, 1.54) is 6.20 Å². The molecule has 7 atom stereocenters. The number of allylic oxidation sites excluding steroid dienone is 2. The average molecular weight is 840 g/mol. The van der Waals surface area contributed by atoms with E-state index >= 15 is 0 Å². The summed E-state index contributed by atoms with van der Waals surface area (Å²) < 4.78 is 134. The van der Waals surface area contributed by atoms with Crippen LogP contribution in [0.4, 0.5) is 13.2 Å². The lowest BCUT2D eigenvalue weighted by atomic mass is 9.82. The van der Waals surface area contributed by atoms with Crippen LogP contribution in [0, 0.1) is 29.1 Å². The summed E-state index contributed by atoms with van der Waals surface area (Å²) in [7, 11) is -4.02. The predicted octanol–water partition coefficient (Wildman–Crippen LogP) is 6.85. The molecule has 2 amide bonds. The normalized spacial score (nSPS) is 31.0. The van der Waals surface area contributed by atoms with Crippen LogP contribution in [-0.2, 0) is 33.9 Å².